The SMILES string of the molecule is CCCCC1CCC(C(=O)N2CCC(C(=O)NCCC)CC2)CC1. The number of piperidine rings is 1. The first-order valence-electron chi connectivity index (χ1n) is 10.2. The molecule has 0 spiro atoms. The predicted molar refractivity (Wildman–Crippen MR) is 97.6 cm³/mol. The molecule has 2 amide bonds. The van der Waals surface area contributed by atoms with E-state index in [1.165, 1.54) is 32.1 Å². The van der Waals surface area contributed by atoms with Crippen molar-refractivity contribution >= 4 is 11.8 Å². The predicted octanol–water partition coefficient (Wildman–Crippen LogP) is 3.75. The normalized spacial score (nSPS) is 25.5. The van der Waals surface area contributed by atoms with Crippen LogP contribution in [0.15, 0.2) is 0 Å². The van der Waals surface area contributed by atoms with Crippen molar-refractivity contribution < 1.29 is 9.59 Å². The van der Waals surface area contributed by atoms with Gasteiger partial charge in [0.25, 0.3) is 0 Å². The van der Waals surface area contributed by atoms with E-state index in [1.54, 1.807) is 0 Å². The summed E-state index contributed by atoms with van der Waals surface area (Å²) in [5.41, 5.74) is 0. The van der Waals surface area contributed by atoms with Gasteiger partial charge in [-0.05, 0) is 50.9 Å². The molecule has 0 atom stereocenters. The fraction of sp³-hybridized carbons (Fsp3) is 0.900. The number of carbonyl (C=O) groups is 2. The van der Waals surface area contributed by atoms with E-state index in [0.29, 0.717) is 5.91 Å². The van der Waals surface area contributed by atoms with Crippen molar-refractivity contribution in [3.05, 3.63) is 0 Å². The minimum Gasteiger partial charge on any atom is -0.356 e. The van der Waals surface area contributed by atoms with Crippen LogP contribution in [0.5, 0.6) is 0 Å². The third-order valence-corrected chi connectivity index (χ3v) is 5.89. The Morgan fingerprint density at radius 1 is 0.917 bits per heavy atom. The highest BCUT2D eigenvalue weighted by Gasteiger charge is 2.32. The number of amides is 2. The zero-order valence-electron chi connectivity index (χ0n) is 15.7. The van der Waals surface area contributed by atoms with E-state index < -0.39 is 0 Å². The summed E-state index contributed by atoms with van der Waals surface area (Å²) < 4.78 is 0. The van der Waals surface area contributed by atoms with Crippen molar-refractivity contribution in [1.29, 1.82) is 0 Å². The number of rotatable bonds is 7. The molecule has 2 fully saturated rings. The summed E-state index contributed by atoms with van der Waals surface area (Å²) in [6.45, 7) is 6.61. The molecule has 4 heteroatoms. The van der Waals surface area contributed by atoms with Crippen LogP contribution in [0.25, 0.3) is 0 Å². The molecule has 0 aromatic heterocycles. The molecule has 1 aliphatic heterocycles. The molecule has 1 N–H and O–H groups in total. The molecule has 4 nitrogen and oxygen atoms in total. The number of likely N-dealkylation sites (tertiary alicyclic amines) is 1. The van der Waals surface area contributed by atoms with E-state index in [4.69, 9.17) is 0 Å². The lowest BCUT2D eigenvalue weighted by molar-refractivity contribution is -0.140. The highest BCUT2D eigenvalue weighted by Crippen LogP contribution is 2.33. The third-order valence-electron chi connectivity index (χ3n) is 5.89. The lowest BCUT2D eigenvalue weighted by atomic mass is 9.79. The summed E-state index contributed by atoms with van der Waals surface area (Å²) >= 11 is 0. The van der Waals surface area contributed by atoms with Crippen LogP contribution in [0.2, 0.25) is 0 Å². The van der Waals surface area contributed by atoms with E-state index in [2.05, 4.69) is 19.2 Å². The molecule has 1 heterocycles. The van der Waals surface area contributed by atoms with Gasteiger partial charge in [-0.25, -0.2) is 0 Å². The maximum absolute atomic E-state index is 12.7. The molecule has 2 aliphatic rings. The fourth-order valence-corrected chi connectivity index (χ4v) is 4.20. The van der Waals surface area contributed by atoms with Crippen LogP contribution in [-0.4, -0.2) is 36.3 Å². The van der Waals surface area contributed by atoms with Crippen LogP contribution < -0.4 is 5.32 Å². The number of hydrogen-bond donors (Lipinski definition) is 1. The first kappa shape index (κ1) is 19.3. The zero-order valence-corrected chi connectivity index (χ0v) is 15.7. The van der Waals surface area contributed by atoms with Crippen molar-refractivity contribution in [2.45, 2.75) is 78.1 Å². The van der Waals surface area contributed by atoms with Gasteiger partial charge in [-0.15, -0.1) is 0 Å². The Labute approximate surface area is 147 Å². The van der Waals surface area contributed by atoms with E-state index >= 15 is 0 Å². The Morgan fingerprint density at radius 2 is 1.58 bits per heavy atom. The highest BCUT2D eigenvalue weighted by molar-refractivity contribution is 5.81. The number of nitrogens with one attached hydrogen (secondary N) is 1. The van der Waals surface area contributed by atoms with Gasteiger partial charge in [0.1, 0.15) is 0 Å². The lowest BCUT2D eigenvalue weighted by Crippen LogP contribution is -2.45. The molecule has 0 bridgehead atoms. The second-order valence-electron chi connectivity index (χ2n) is 7.75. The van der Waals surface area contributed by atoms with Gasteiger partial charge in [0, 0.05) is 31.5 Å². The third kappa shape index (κ3) is 5.49. The summed E-state index contributed by atoms with van der Waals surface area (Å²) in [6.07, 6.45) is 11.2. The Bertz CT molecular complexity index is 394. The van der Waals surface area contributed by atoms with Crippen LogP contribution in [0.3, 0.4) is 0 Å². The number of hydrogen-bond acceptors (Lipinski definition) is 2. The summed E-state index contributed by atoms with van der Waals surface area (Å²) in [7, 11) is 0. The van der Waals surface area contributed by atoms with Crippen molar-refractivity contribution in [2.24, 2.45) is 17.8 Å². The first-order chi connectivity index (χ1) is 11.7. The number of unbranched alkanes of at least 4 members (excludes halogenated alkanes) is 1. The first-order valence-corrected chi connectivity index (χ1v) is 10.2. The van der Waals surface area contributed by atoms with Gasteiger partial charge in [0.05, 0.1) is 0 Å². The maximum atomic E-state index is 12.7. The Hall–Kier alpha value is -1.06. The zero-order chi connectivity index (χ0) is 17.4. The van der Waals surface area contributed by atoms with Crippen LogP contribution in [0.4, 0.5) is 0 Å². The quantitative estimate of drug-likeness (QED) is 0.770. The second kappa shape index (κ2) is 10.0. The monoisotopic (exact) mass is 336 g/mol. The molecule has 0 unspecified atom stereocenters. The van der Waals surface area contributed by atoms with E-state index in [9.17, 15) is 9.59 Å². The van der Waals surface area contributed by atoms with Crippen LogP contribution >= 0.6 is 0 Å². The Balaban J connectivity index is 1.70. The molecular weight excluding hydrogens is 300 g/mol. The highest BCUT2D eigenvalue weighted by atomic mass is 16.2. The van der Waals surface area contributed by atoms with Crippen LogP contribution in [-0.2, 0) is 9.59 Å². The number of nitrogens with zero attached hydrogens (tertiary/aromatic N) is 1. The molecule has 1 saturated carbocycles. The van der Waals surface area contributed by atoms with Crippen molar-refractivity contribution in [3.8, 4) is 0 Å². The molecule has 0 radical (unpaired) electrons. The van der Waals surface area contributed by atoms with Crippen molar-refractivity contribution in [3.63, 3.8) is 0 Å². The molecule has 1 saturated heterocycles. The molecule has 24 heavy (non-hydrogen) atoms. The van der Waals surface area contributed by atoms with Gasteiger partial charge >= 0.3 is 0 Å². The van der Waals surface area contributed by atoms with Crippen LogP contribution in [0, 0.1) is 17.8 Å². The van der Waals surface area contributed by atoms with Gasteiger partial charge in [-0.2, -0.15) is 0 Å². The molecule has 0 aromatic carbocycles. The van der Waals surface area contributed by atoms with Gasteiger partial charge in [0.15, 0.2) is 0 Å². The number of carbonyl (C=O) groups excluding carboxylic acids is 2. The molecule has 1 aliphatic carbocycles. The molecule has 0 aromatic rings. The molecule has 2 rings (SSSR count). The largest absolute Gasteiger partial charge is 0.356 e. The van der Waals surface area contributed by atoms with Gasteiger partial charge in [0.2, 0.25) is 11.8 Å². The van der Waals surface area contributed by atoms with Crippen molar-refractivity contribution in [2.75, 3.05) is 19.6 Å². The van der Waals surface area contributed by atoms with Gasteiger partial charge < -0.3 is 10.2 Å². The van der Waals surface area contributed by atoms with E-state index in [1.807, 2.05) is 4.90 Å². The maximum Gasteiger partial charge on any atom is 0.225 e. The smallest absolute Gasteiger partial charge is 0.225 e. The lowest BCUT2D eigenvalue weighted by Gasteiger charge is -2.36. The summed E-state index contributed by atoms with van der Waals surface area (Å²) in [5.74, 6) is 1.73. The summed E-state index contributed by atoms with van der Waals surface area (Å²) in [4.78, 5) is 26.8. The van der Waals surface area contributed by atoms with Gasteiger partial charge in [-0.1, -0.05) is 33.1 Å². The van der Waals surface area contributed by atoms with Crippen molar-refractivity contribution in [1.82, 2.24) is 10.2 Å². The fourth-order valence-electron chi connectivity index (χ4n) is 4.20. The van der Waals surface area contributed by atoms with Crippen LogP contribution in [0.1, 0.15) is 78.1 Å². The van der Waals surface area contributed by atoms with E-state index in [-0.39, 0.29) is 17.7 Å². The summed E-state index contributed by atoms with van der Waals surface area (Å²) in [5, 5.41) is 2.99. The summed E-state index contributed by atoms with van der Waals surface area (Å²) in [6, 6.07) is 0. The second-order valence-corrected chi connectivity index (χ2v) is 7.75. The molecule has 138 valence electrons. The topological polar surface area (TPSA) is 49.4 Å². The Morgan fingerprint density at radius 3 is 2.17 bits per heavy atom. The van der Waals surface area contributed by atoms with E-state index in [0.717, 1.165) is 57.7 Å². The minimum atomic E-state index is 0.102. The Kier molecular flexibility index (Phi) is 8.07. The average molecular weight is 337 g/mol. The average Bonchev–Trinajstić information content (AvgIpc) is 2.64. The van der Waals surface area contributed by atoms with Gasteiger partial charge in [-0.3, -0.25) is 9.59 Å². The molecular formula is C20H36N2O2. The minimum absolute atomic E-state index is 0.102. The standard InChI is InChI=1S/C20H36N2O2/c1-3-5-6-16-7-9-18(10-8-16)20(24)22-14-11-17(12-15-22)19(23)21-13-4-2/h16-18H,3-15H2,1-2H3,(H,21,23).